The predicted molar refractivity (Wildman–Crippen MR) is 62.7 cm³/mol. The average molecular weight is 212 g/mol. The van der Waals surface area contributed by atoms with Crippen LogP contribution >= 0.6 is 0 Å². The van der Waals surface area contributed by atoms with E-state index in [0.29, 0.717) is 6.04 Å². The highest BCUT2D eigenvalue weighted by Gasteiger charge is 2.32. The molecule has 1 aliphatic heterocycles. The maximum Gasteiger partial charge on any atom is 0.228 e. The van der Waals surface area contributed by atoms with Crippen molar-refractivity contribution in [2.45, 2.75) is 46.1 Å². The average Bonchev–Trinajstić information content (AvgIpc) is 2.28. The first-order chi connectivity index (χ1) is 6.99. The third-order valence-electron chi connectivity index (χ3n) is 3.64. The zero-order valence-electron chi connectivity index (χ0n) is 10.5. The second-order valence-electron chi connectivity index (χ2n) is 5.13. The van der Waals surface area contributed by atoms with E-state index < -0.39 is 0 Å². The van der Waals surface area contributed by atoms with Crippen molar-refractivity contribution >= 4 is 5.91 Å². The van der Waals surface area contributed by atoms with Gasteiger partial charge in [-0.2, -0.15) is 0 Å². The summed E-state index contributed by atoms with van der Waals surface area (Å²) in [4.78, 5) is 14.2. The predicted octanol–water partition coefficient (Wildman–Crippen LogP) is 1.63. The van der Waals surface area contributed by atoms with Crippen molar-refractivity contribution in [1.29, 1.82) is 0 Å². The first-order valence-electron chi connectivity index (χ1n) is 5.97. The van der Waals surface area contributed by atoms with E-state index in [2.05, 4.69) is 12.2 Å². The van der Waals surface area contributed by atoms with Crippen LogP contribution in [0.3, 0.4) is 0 Å². The highest BCUT2D eigenvalue weighted by Crippen LogP contribution is 2.24. The summed E-state index contributed by atoms with van der Waals surface area (Å²) in [7, 11) is 1.95. The van der Waals surface area contributed by atoms with E-state index in [9.17, 15) is 4.79 Å². The summed E-state index contributed by atoms with van der Waals surface area (Å²) in [6.07, 6.45) is 3.07. The lowest BCUT2D eigenvalue weighted by molar-refractivity contribution is -0.141. The second-order valence-corrected chi connectivity index (χ2v) is 5.13. The summed E-state index contributed by atoms with van der Waals surface area (Å²) < 4.78 is 0. The fourth-order valence-electron chi connectivity index (χ4n) is 1.99. The lowest BCUT2D eigenvalue weighted by Crippen LogP contribution is -2.48. The molecule has 3 nitrogen and oxygen atoms in total. The number of carbonyl (C=O) groups excluding carboxylic acids is 1. The van der Waals surface area contributed by atoms with E-state index >= 15 is 0 Å². The largest absolute Gasteiger partial charge is 0.342 e. The van der Waals surface area contributed by atoms with Gasteiger partial charge in [-0.25, -0.2) is 0 Å². The standard InChI is InChI=1S/C12H24N2O/c1-5-12(2,3)11(15)14(4)10-6-8-13-9-7-10/h10,13H,5-9H2,1-4H3. The number of piperidine rings is 1. The minimum Gasteiger partial charge on any atom is -0.342 e. The van der Waals surface area contributed by atoms with Crippen LogP contribution in [0.15, 0.2) is 0 Å². The van der Waals surface area contributed by atoms with E-state index in [-0.39, 0.29) is 11.3 Å². The van der Waals surface area contributed by atoms with Crippen molar-refractivity contribution in [2.75, 3.05) is 20.1 Å². The molecule has 1 amide bonds. The van der Waals surface area contributed by atoms with Crippen LogP contribution < -0.4 is 5.32 Å². The van der Waals surface area contributed by atoms with Gasteiger partial charge in [0.1, 0.15) is 0 Å². The Hall–Kier alpha value is -0.570. The Labute approximate surface area is 93.2 Å². The molecule has 1 aliphatic rings. The van der Waals surface area contributed by atoms with Crippen molar-refractivity contribution < 1.29 is 4.79 Å². The maximum atomic E-state index is 12.2. The molecule has 0 aromatic heterocycles. The Bertz CT molecular complexity index is 220. The molecule has 0 bridgehead atoms. The number of nitrogens with zero attached hydrogens (tertiary/aromatic N) is 1. The molecule has 0 aromatic carbocycles. The molecule has 0 spiro atoms. The van der Waals surface area contributed by atoms with Crippen molar-refractivity contribution in [1.82, 2.24) is 10.2 Å². The quantitative estimate of drug-likeness (QED) is 0.771. The van der Waals surface area contributed by atoms with Gasteiger partial charge < -0.3 is 10.2 Å². The highest BCUT2D eigenvalue weighted by atomic mass is 16.2. The van der Waals surface area contributed by atoms with Gasteiger partial charge in [0.15, 0.2) is 0 Å². The van der Waals surface area contributed by atoms with E-state index in [1.165, 1.54) is 0 Å². The minimum atomic E-state index is -0.209. The Balaban J connectivity index is 2.58. The zero-order valence-corrected chi connectivity index (χ0v) is 10.5. The van der Waals surface area contributed by atoms with E-state index in [4.69, 9.17) is 0 Å². The van der Waals surface area contributed by atoms with Gasteiger partial charge in [-0.3, -0.25) is 4.79 Å². The van der Waals surface area contributed by atoms with Crippen LogP contribution in [0.2, 0.25) is 0 Å². The number of hydrogen-bond donors (Lipinski definition) is 1. The molecule has 0 unspecified atom stereocenters. The van der Waals surface area contributed by atoms with Crippen molar-refractivity contribution in [2.24, 2.45) is 5.41 Å². The van der Waals surface area contributed by atoms with Crippen LogP contribution in [0.1, 0.15) is 40.0 Å². The molecule has 0 radical (unpaired) electrons. The topological polar surface area (TPSA) is 32.3 Å². The van der Waals surface area contributed by atoms with E-state index in [0.717, 1.165) is 32.4 Å². The van der Waals surface area contributed by atoms with Crippen molar-refractivity contribution in [3.63, 3.8) is 0 Å². The van der Waals surface area contributed by atoms with Gasteiger partial charge in [0.05, 0.1) is 0 Å². The van der Waals surface area contributed by atoms with Crippen molar-refractivity contribution in [3.8, 4) is 0 Å². The van der Waals surface area contributed by atoms with Gasteiger partial charge in [-0.1, -0.05) is 20.8 Å². The van der Waals surface area contributed by atoms with Gasteiger partial charge in [0.25, 0.3) is 0 Å². The normalized spacial score (nSPS) is 18.9. The molecule has 0 aromatic rings. The lowest BCUT2D eigenvalue weighted by atomic mass is 9.87. The fourth-order valence-corrected chi connectivity index (χ4v) is 1.99. The molecule has 3 heteroatoms. The molecular weight excluding hydrogens is 188 g/mol. The fraction of sp³-hybridized carbons (Fsp3) is 0.917. The summed E-state index contributed by atoms with van der Waals surface area (Å²) in [6, 6.07) is 0.435. The van der Waals surface area contributed by atoms with E-state index in [1.54, 1.807) is 0 Å². The first-order valence-corrected chi connectivity index (χ1v) is 5.97. The van der Waals surface area contributed by atoms with Crippen LogP contribution in [0.25, 0.3) is 0 Å². The van der Waals surface area contributed by atoms with Crippen LogP contribution in [-0.4, -0.2) is 37.0 Å². The first kappa shape index (κ1) is 12.5. The molecule has 15 heavy (non-hydrogen) atoms. The molecule has 88 valence electrons. The molecule has 1 fully saturated rings. The number of nitrogens with one attached hydrogen (secondary N) is 1. The summed E-state index contributed by atoms with van der Waals surface area (Å²) >= 11 is 0. The van der Waals surface area contributed by atoms with Crippen LogP contribution in [0, 0.1) is 5.41 Å². The number of hydrogen-bond acceptors (Lipinski definition) is 2. The summed E-state index contributed by atoms with van der Waals surface area (Å²) in [5.74, 6) is 0.289. The third-order valence-corrected chi connectivity index (χ3v) is 3.64. The summed E-state index contributed by atoms with van der Waals surface area (Å²) in [6.45, 7) is 8.22. The number of amides is 1. The Kier molecular flexibility index (Phi) is 4.14. The van der Waals surface area contributed by atoms with E-state index in [1.807, 2.05) is 25.8 Å². The minimum absolute atomic E-state index is 0.209. The molecule has 0 saturated carbocycles. The SMILES string of the molecule is CCC(C)(C)C(=O)N(C)C1CCNCC1. The Morgan fingerprint density at radius 1 is 1.40 bits per heavy atom. The summed E-state index contributed by atoms with van der Waals surface area (Å²) in [5.41, 5.74) is -0.209. The molecule has 1 heterocycles. The van der Waals surface area contributed by atoms with Gasteiger partial charge in [-0.05, 0) is 32.4 Å². The molecule has 1 N–H and O–H groups in total. The Morgan fingerprint density at radius 2 is 1.93 bits per heavy atom. The van der Waals surface area contributed by atoms with Gasteiger partial charge in [0, 0.05) is 18.5 Å². The maximum absolute atomic E-state index is 12.2. The lowest BCUT2D eigenvalue weighted by Gasteiger charge is -2.36. The van der Waals surface area contributed by atoms with Gasteiger partial charge in [-0.15, -0.1) is 0 Å². The molecular formula is C12H24N2O. The second kappa shape index (κ2) is 4.97. The van der Waals surface area contributed by atoms with Crippen LogP contribution in [0.4, 0.5) is 0 Å². The van der Waals surface area contributed by atoms with Crippen LogP contribution in [0.5, 0.6) is 0 Å². The van der Waals surface area contributed by atoms with Crippen molar-refractivity contribution in [3.05, 3.63) is 0 Å². The molecule has 0 atom stereocenters. The molecule has 0 aliphatic carbocycles. The molecule has 1 saturated heterocycles. The Morgan fingerprint density at radius 3 is 2.40 bits per heavy atom. The molecule has 1 rings (SSSR count). The summed E-state index contributed by atoms with van der Waals surface area (Å²) in [5, 5.41) is 3.32. The zero-order chi connectivity index (χ0) is 11.5. The highest BCUT2D eigenvalue weighted by molar-refractivity contribution is 5.81. The third kappa shape index (κ3) is 2.94. The van der Waals surface area contributed by atoms with Gasteiger partial charge in [0.2, 0.25) is 5.91 Å². The monoisotopic (exact) mass is 212 g/mol. The van der Waals surface area contributed by atoms with Crippen LogP contribution in [-0.2, 0) is 4.79 Å². The number of rotatable bonds is 3. The van der Waals surface area contributed by atoms with Gasteiger partial charge >= 0.3 is 0 Å². The number of carbonyl (C=O) groups is 1. The smallest absolute Gasteiger partial charge is 0.228 e.